The zero-order valence-electron chi connectivity index (χ0n) is 15.6. The summed E-state index contributed by atoms with van der Waals surface area (Å²) in [6.07, 6.45) is 0. The first-order valence-corrected chi connectivity index (χ1v) is 9.19. The van der Waals surface area contributed by atoms with Crippen LogP contribution in [0, 0.1) is 25.2 Å². The fourth-order valence-corrected chi connectivity index (χ4v) is 3.20. The van der Waals surface area contributed by atoms with E-state index in [1.807, 2.05) is 19.1 Å². The summed E-state index contributed by atoms with van der Waals surface area (Å²) in [7, 11) is 1.49. The third kappa shape index (κ3) is 5.62. The van der Waals surface area contributed by atoms with Crippen LogP contribution in [0.15, 0.2) is 34.1 Å². The van der Waals surface area contributed by atoms with Gasteiger partial charge in [-0.05, 0) is 37.1 Å². The lowest BCUT2D eigenvalue weighted by Gasteiger charge is -2.11. The van der Waals surface area contributed by atoms with Gasteiger partial charge in [-0.2, -0.15) is 5.26 Å². The summed E-state index contributed by atoms with van der Waals surface area (Å²) in [4.78, 5) is 38.0. The number of nitriles is 1. The number of anilines is 1. The lowest BCUT2D eigenvalue weighted by molar-refractivity contribution is -0.144. The molecule has 0 saturated heterocycles. The van der Waals surface area contributed by atoms with Crippen LogP contribution in [0.2, 0.25) is 0 Å². The molecule has 0 unspecified atom stereocenters. The van der Waals surface area contributed by atoms with Crippen molar-refractivity contribution in [3.63, 3.8) is 0 Å². The molecule has 2 N–H and O–H groups in total. The minimum atomic E-state index is -0.650. The minimum Gasteiger partial charge on any atom is -0.495 e. The number of methoxy groups -OCH3 is 1. The molecule has 2 rings (SSSR count). The fraction of sp³-hybridized carbons (Fsp3) is 0.263. The Balaban J connectivity index is 1.90. The maximum atomic E-state index is 12.0. The van der Waals surface area contributed by atoms with E-state index >= 15 is 0 Å². The molecule has 0 saturated carbocycles. The van der Waals surface area contributed by atoms with Gasteiger partial charge in [0.15, 0.2) is 6.61 Å². The van der Waals surface area contributed by atoms with Gasteiger partial charge in [0.25, 0.3) is 5.91 Å². The summed E-state index contributed by atoms with van der Waals surface area (Å²) in [5.41, 5.74) is 1.87. The number of aromatic amines is 1. The third-order valence-electron chi connectivity index (χ3n) is 3.65. The van der Waals surface area contributed by atoms with Gasteiger partial charge in [0.05, 0.1) is 29.1 Å². The number of hydrogen-bond donors (Lipinski definition) is 2. The van der Waals surface area contributed by atoms with Crippen molar-refractivity contribution in [2.75, 3.05) is 24.8 Å². The monoisotopic (exact) mass is 401 g/mol. The number of benzene rings is 1. The Hall–Kier alpha value is -3.25. The Morgan fingerprint density at radius 1 is 1.29 bits per heavy atom. The maximum absolute atomic E-state index is 12.0. The number of aryl methyl sites for hydroxylation is 2. The molecule has 1 aromatic carbocycles. The van der Waals surface area contributed by atoms with Crippen LogP contribution < -0.4 is 15.6 Å². The SMILES string of the molecule is COc1ccc(C)cc1NC(=O)COC(=O)CSc1[nH]c(=O)cc(C)c1C#N. The van der Waals surface area contributed by atoms with Gasteiger partial charge in [0.1, 0.15) is 11.8 Å². The van der Waals surface area contributed by atoms with Gasteiger partial charge in [0.2, 0.25) is 5.56 Å². The molecule has 0 atom stereocenters. The first kappa shape index (κ1) is 21.1. The quantitative estimate of drug-likeness (QED) is 0.538. The summed E-state index contributed by atoms with van der Waals surface area (Å²) in [6.45, 7) is 3.05. The number of esters is 1. The highest BCUT2D eigenvalue weighted by Gasteiger charge is 2.14. The molecule has 0 spiro atoms. The molecule has 1 amide bonds. The predicted molar refractivity (Wildman–Crippen MR) is 105 cm³/mol. The number of amides is 1. The first-order chi connectivity index (χ1) is 13.3. The molecule has 146 valence electrons. The molecule has 2 aromatic rings. The Bertz CT molecular complexity index is 994. The molecule has 0 radical (unpaired) electrons. The van der Waals surface area contributed by atoms with E-state index in [0.29, 0.717) is 27.6 Å². The number of thioether (sulfide) groups is 1. The molecule has 0 aliphatic carbocycles. The summed E-state index contributed by atoms with van der Waals surface area (Å²) >= 11 is 0.967. The van der Waals surface area contributed by atoms with Crippen molar-refractivity contribution in [1.29, 1.82) is 5.26 Å². The van der Waals surface area contributed by atoms with Crippen molar-refractivity contribution < 1.29 is 19.1 Å². The van der Waals surface area contributed by atoms with Gasteiger partial charge < -0.3 is 19.8 Å². The van der Waals surface area contributed by atoms with E-state index < -0.39 is 18.5 Å². The van der Waals surface area contributed by atoms with E-state index in [-0.39, 0.29) is 11.3 Å². The summed E-state index contributed by atoms with van der Waals surface area (Å²) in [5.74, 6) is -0.824. The van der Waals surface area contributed by atoms with E-state index in [1.54, 1.807) is 19.1 Å². The minimum absolute atomic E-state index is 0.158. The second-order valence-electron chi connectivity index (χ2n) is 5.83. The number of nitrogens with zero attached hydrogens (tertiary/aromatic N) is 1. The molecule has 0 fully saturated rings. The van der Waals surface area contributed by atoms with Crippen molar-refractivity contribution >= 4 is 29.3 Å². The fourth-order valence-electron chi connectivity index (χ4n) is 2.33. The average Bonchev–Trinajstić information content (AvgIpc) is 2.64. The van der Waals surface area contributed by atoms with Gasteiger partial charge in [-0.15, -0.1) is 0 Å². The number of aromatic nitrogens is 1. The number of rotatable bonds is 7. The smallest absolute Gasteiger partial charge is 0.316 e. The lowest BCUT2D eigenvalue weighted by atomic mass is 10.2. The van der Waals surface area contributed by atoms with E-state index in [2.05, 4.69) is 10.3 Å². The Labute approximate surface area is 165 Å². The molecule has 1 heterocycles. The number of carbonyl (C=O) groups is 2. The zero-order chi connectivity index (χ0) is 20.7. The van der Waals surface area contributed by atoms with Crippen molar-refractivity contribution in [1.82, 2.24) is 4.98 Å². The summed E-state index contributed by atoms with van der Waals surface area (Å²) in [5, 5.41) is 12.1. The van der Waals surface area contributed by atoms with Crippen LogP contribution >= 0.6 is 11.8 Å². The molecule has 8 nitrogen and oxygen atoms in total. The van der Waals surface area contributed by atoms with Gasteiger partial charge in [-0.3, -0.25) is 14.4 Å². The average molecular weight is 401 g/mol. The van der Waals surface area contributed by atoms with E-state index in [1.165, 1.54) is 13.2 Å². The van der Waals surface area contributed by atoms with Crippen molar-refractivity contribution in [3.8, 4) is 11.8 Å². The topological polar surface area (TPSA) is 121 Å². The van der Waals surface area contributed by atoms with Crippen LogP contribution in [0.25, 0.3) is 0 Å². The number of ether oxygens (including phenoxy) is 2. The number of carbonyl (C=O) groups excluding carboxylic acids is 2. The molecule has 1 aromatic heterocycles. The van der Waals surface area contributed by atoms with Crippen LogP contribution in [0.3, 0.4) is 0 Å². The van der Waals surface area contributed by atoms with Crippen molar-refractivity contribution in [2.45, 2.75) is 18.9 Å². The molecule has 9 heteroatoms. The Morgan fingerprint density at radius 2 is 2.04 bits per heavy atom. The standard InChI is InChI=1S/C19H19N3O5S/c1-11-4-5-15(26-3)14(6-11)21-17(24)9-27-18(25)10-28-19-13(8-20)12(2)7-16(23)22-19/h4-7H,9-10H2,1-3H3,(H,21,24)(H,22,23). The van der Waals surface area contributed by atoms with Gasteiger partial charge >= 0.3 is 5.97 Å². The second kappa shape index (κ2) is 9.62. The highest BCUT2D eigenvalue weighted by molar-refractivity contribution is 7.99. The van der Waals surface area contributed by atoms with Crippen LogP contribution in [0.5, 0.6) is 5.75 Å². The van der Waals surface area contributed by atoms with E-state index in [0.717, 1.165) is 17.3 Å². The molecule has 28 heavy (non-hydrogen) atoms. The molecular formula is C19H19N3O5S. The molecule has 0 aliphatic heterocycles. The van der Waals surface area contributed by atoms with Crippen molar-refractivity contribution in [2.24, 2.45) is 0 Å². The van der Waals surface area contributed by atoms with Crippen LogP contribution in [-0.2, 0) is 14.3 Å². The lowest BCUT2D eigenvalue weighted by Crippen LogP contribution is -2.22. The zero-order valence-corrected chi connectivity index (χ0v) is 16.4. The Kier molecular flexibility index (Phi) is 7.23. The molecule has 0 aliphatic rings. The molecule has 0 bridgehead atoms. The highest BCUT2D eigenvalue weighted by Crippen LogP contribution is 2.25. The van der Waals surface area contributed by atoms with Crippen LogP contribution in [-0.4, -0.2) is 36.3 Å². The summed E-state index contributed by atoms with van der Waals surface area (Å²) in [6, 6.07) is 8.61. The number of pyridine rings is 1. The third-order valence-corrected chi connectivity index (χ3v) is 4.62. The highest BCUT2D eigenvalue weighted by atomic mass is 32.2. The molecular weight excluding hydrogens is 382 g/mol. The summed E-state index contributed by atoms with van der Waals surface area (Å²) < 4.78 is 10.1. The normalized spacial score (nSPS) is 10.1. The number of nitrogens with one attached hydrogen (secondary N) is 2. The van der Waals surface area contributed by atoms with Gasteiger partial charge in [-0.25, -0.2) is 0 Å². The number of hydrogen-bond acceptors (Lipinski definition) is 7. The predicted octanol–water partition coefficient (Wildman–Crippen LogP) is 2.15. The van der Waals surface area contributed by atoms with E-state index in [9.17, 15) is 14.4 Å². The van der Waals surface area contributed by atoms with E-state index in [4.69, 9.17) is 14.7 Å². The first-order valence-electron chi connectivity index (χ1n) is 8.21. The van der Waals surface area contributed by atoms with Gasteiger partial charge in [0, 0.05) is 6.07 Å². The van der Waals surface area contributed by atoms with Crippen LogP contribution in [0.4, 0.5) is 5.69 Å². The Morgan fingerprint density at radius 3 is 2.71 bits per heavy atom. The maximum Gasteiger partial charge on any atom is 0.316 e. The largest absolute Gasteiger partial charge is 0.495 e. The second-order valence-corrected chi connectivity index (χ2v) is 6.82. The number of H-pyrrole nitrogens is 1. The van der Waals surface area contributed by atoms with Crippen LogP contribution in [0.1, 0.15) is 16.7 Å². The van der Waals surface area contributed by atoms with Crippen molar-refractivity contribution in [3.05, 3.63) is 51.3 Å². The van der Waals surface area contributed by atoms with Gasteiger partial charge in [-0.1, -0.05) is 17.8 Å².